The first kappa shape index (κ1) is 22.1. The van der Waals surface area contributed by atoms with E-state index in [0.717, 1.165) is 17.7 Å². The number of anilines is 1. The van der Waals surface area contributed by atoms with E-state index in [1.807, 2.05) is 13.8 Å². The molecule has 2 N–H and O–H groups in total. The molecule has 0 unspecified atom stereocenters. The SMILES string of the molecule is Cc1cc(NC(=O)CCc2ncc(-c3ccc(F)cc3F)o2)ccc1C(=O)NC(C)C. The fourth-order valence-electron chi connectivity index (χ4n) is 3.02. The van der Waals surface area contributed by atoms with Crippen LogP contribution in [0.4, 0.5) is 14.5 Å². The summed E-state index contributed by atoms with van der Waals surface area (Å²) in [6.07, 6.45) is 1.65. The van der Waals surface area contributed by atoms with Crippen LogP contribution >= 0.6 is 0 Å². The Hall–Kier alpha value is -3.55. The number of hydrogen-bond donors (Lipinski definition) is 2. The number of amides is 2. The lowest BCUT2D eigenvalue weighted by atomic mass is 10.1. The maximum Gasteiger partial charge on any atom is 0.251 e. The van der Waals surface area contributed by atoms with Crippen molar-refractivity contribution in [2.75, 3.05) is 5.32 Å². The second kappa shape index (κ2) is 9.51. The van der Waals surface area contributed by atoms with Gasteiger partial charge >= 0.3 is 0 Å². The predicted molar refractivity (Wildman–Crippen MR) is 113 cm³/mol. The summed E-state index contributed by atoms with van der Waals surface area (Å²) >= 11 is 0. The first-order valence-corrected chi connectivity index (χ1v) is 9.84. The van der Waals surface area contributed by atoms with Gasteiger partial charge < -0.3 is 15.1 Å². The highest BCUT2D eigenvalue weighted by molar-refractivity contribution is 5.97. The van der Waals surface area contributed by atoms with Gasteiger partial charge in [0.25, 0.3) is 5.91 Å². The standard InChI is InChI=1S/C23H23F2N3O3/c1-13(2)27-23(30)17-7-5-16(10-14(17)3)28-21(29)8-9-22-26-12-20(31-22)18-6-4-15(24)11-19(18)25/h4-7,10-13H,8-9H2,1-3H3,(H,27,30)(H,28,29). The molecule has 0 aliphatic carbocycles. The van der Waals surface area contributed by atoms with E-state index in [-0.39, 0.29) is 47.9 Å². The zero-order chi connectivity index (χ0) is 22.5. The number of rotatable bonds is 7. The van der Waals surface area contributed by atoms with Crippen LogP contribution < -0.4 is 10.6 Å². The van der Waals surface area contributed by atoms with E-state index >= 15 is 0 Å². The minimum atomic E-state index is -0.749. The van der Waals surface area contributed by atoms with Crippen molar-refractivity contribution < 1.29 is 22.8 Å². The molecule has 1 heterocycles. The minimum absolute atomic E-state index is 0.0292. The topological polar surface area (TPSA) is 84.2 Å². The molecule has 2 aromatic carbocycles. The van der Waals surface area contributed by atoms with Crippen molar-refractivity contribution in [3.63, 3.8) is 0 Å². The molecule has 0 aliphatic rings. The number of nitrogens with zero attached hydrogens (tertiary/aromatic N) is 1. The summed E-state index contributed by atoms with van der Waals surface area (Å²) in [7, 11) is 0. The molecule has 0 saturated heterocycles. The molecule has 3 rings (SSSR count). The highest BCUT2D eigenvalue weighted by atomic mass is 19.1. The van der Waals surface area contributed by atoms with Crippen molar-refractivity contribution >= 4 is 17.5 Å². The average Bonchev–Trinajstić information content (AvgIpc) is 3.14. The van der Waals surface area contributed by atoms with Gasteiger partial charge in [0, 0.05) is 36.2 Å². The Morgan fingerprint density at radius 1 is 1.13 bits per heavy atom. The molecule has 0 aliphatic heterocycles. The number of oxazole rings is 1. The number of carbonyl (C=O) groups excluding carboxylic acids is 2. The molecule has 2 amide bonds. The monoisotopic (exact) mass is 427 g/mol. The predicted octanol–water partition coefficient (Wildman–Crippen LogP) is 4.64. The molecule has 6 nitrogen and oxygen atoms in total. The first-order chi connectivity index (χ1) is 14.7. The van der Waals surface area contributed by atoms with Crippen LogP contribution in [0, 0.1) is 18.6 Å². The van der Waals surface area contributed by atoms with Crippen molar-refractivity contribution in [3.05, 3.63) is 71.2 Å². The van der Waals surface area contributed by atoms with Crippen LogP contribution in [0.2, 0.25) is 0 Å². The van der Waals surface area contributed by atoms with E-state index in [0.29, 0.717) is 11.3 Å². The maximum atomic E-state index is 13.9. The molecule has 1 aromatic heterocycles. The fourth-order valence-corrected chi connectivity index (χ4v) is 3.02. The first-order valence-electron chi connectivity index (χ1n) is 9.84. The number of nitrogens with one attached hydrogen (secondary N) is 2. The Morgan fingerprint density at radius 3 is 2.58 bits per heavy atom. The van der Waals surface area contributed by atoms with Gasteiger partial charge in [0.15, 0.2) is 11.7 Å². The van der Waals surface area contributed by atoms with Crippen LogP contribution in [0.25, 0.3) is 11.3 Å². The summed E-state index contributed by atoms with van der Waals surface area (Å²) in [6.45, 7) is 5.57. The van der Waals surface area contributed by atoms with Crippen LogP contribution in [-0.2, 0) is 11.2 Å². The van der Waals surface area contributed by atoms with Gasteiger partial charge in [-0.3, -0.25) is 9.59 Å². The van der Waals surface area contributed by atoms with Gasteiger partial charge in [-0.05, 0) is 56.7 Å². The Labute approximate surface area is 178 Å². The second-order valence-electron chi connectivity index (χ2n) is 7.45. The van der Waals surface area contributed by atoms with Crippen molar-refractivity contribution in [1.82, 2.24) is 10.3 Å². The minimum Gasteiger partial charge on any atom is -0.441 e. The third-order valence-corrected chi connectivity index (χ3v) is 4.49. The van der Waals surface area contributed by atoms with Gasteiger partial charge in [-0.2, -0.15) is 0 Å². The van der Waals surface area contributed by atoms with Gasteiger partial charge in [-0.1, -0.05) is 0 Å². The van der Waals surface area contributed by atoms with Gasteiger partial charge in [-0.15, -0.1) is 0 Å². The van der Waals surface area contributed by atoms with Crippen molar-refractivity contribution in [1.29, 1.82) is 0 Å². The largest absolute Gasteiger partial charge is 0.441 e. The molecule has 0 bridgehead atoms. The molecule has 0 saturated carbocycles. The van der Waals surface area contributed by atoms with E-state index in [1.54, 1.807) is 25.1 Å². The smallest absolute Gasteiger partial charge is 0.251 e. The van der Waals surface area contributed by atoms with Crippen LogP contribution in [0.1, 0.15) is 42.1 Å². The third-order valence-electron chi connectivity index (χ3n) is 4.49. The second-order valence-corrected chi connectivity index (χ2v) is 7.45. The zero-order valence-corrected chi connectivity index (χ0v) is 17.5. The Bertz CT molecular complexity index is 1110. The van der Waals surface area contributed by atoms with E-state index in [2.05, 4.69) is 15.6 Å². The summed E-state index contributed by atoms with van der Waals surface area (Å²) in [6, 6.07) is 8.27. The Balaban J connectivity index is 1.58. The fraction of sp³-hybridized carbons (Fsp3) is 0.261. The van der Waals surface area contributed by atoms with Crippen molar-refractivity contribution in [2.24, 2.45) is 0 Å². The zero-order valence-electron chi connectivity index (χ0n) is 17.5. The van der Waals surface area contributed by atoms with Crippen LogP contribution in [0.5, 0.6) is 0 Å². The molecule has 31 heavy (non-hydrogen) atoms. The van der Waals surface area contributed by atoms with Gasteiger partial charge in [0.05, 0.1) is 11.8 Å². The van der Waals surface area contributed by atoms with E-state index in [9.17, 15) is 18.4 Å². The summed E-state index contributed by atoms with van der Waals surface area (Å²) < 4.78 is 32.4. The van der Waals surface area contributed by atoms with Gasteiger partial charge in [0.1, 0.15) is 11.6 Å². The summed E-state index contributed by atoms with van der Waals surface area (Å²) in [5.41, 5.74) is 1.97. The quantitative estimate of drug-likeness (QED) is 0.575. The van der Waals surface area contributed by atoms with Crippen molar-refractivity contribution in [2.45, 2.75) is 39.7 Å². The lowest BCUT2D eigenvalue weighted by molar-refractivity contribution is -0.116. The number of hydrogen-bond acceptors (Lipinski definition) is 4. The molecule has 162 valence electrons. The van der Waals surface area contributed by atoms with Crippen LogP contribution in [0.3, 0.4) is 0 Å². The lowest BCUT2D eigenvalue weighted by Crippen LogP contribution is -2.30. The molecule has 3 aromatic rings. The molecule has 0 fully saturated rings. The van der Waals surface area contributed by atoms with Gasteiger partial charge in [-0.25, -0.2) is 13.8 Å². The highest BCUT2D eigenvalue weighted by Gasteiger charge is 2.14. The Kier molecular flexibility index (Phi) is 6.79. The molecular weight excluding hydrogens is 404 g/mol. The average molecular weight is 427 g/mol. The normalized spacial score (nSPS) is 10.9. The molecular formula is C23H23F2N3O3. The van der Waals surface area contributed by atoms with Crippen LogP contribution in [0.15, 0.2) is 47.0 Å². The molecule has 0 atom stereocenters. The number of benzene rings is 2. The van der Waals surface area contributed by atoms with E-state index < -0.39 is 11.6 Å². The Morgan fingerprint density at radius 2 is 1.90 bits per heavy atom. The molecule has 0 spiro atoms. The number of aryl methyl sites for hydroxylation is 2. The van der Waals surface area contributed by atoms with Gasteiger partial charge in [0.2, 0.25) is 5.91 Å². The van der Waals surface area contributed by atoms with E-state index in [1.165, 1.54) is 12.3 Å². The van der Waals surface area contributed by atoms with Crippen molar-refractivity contribution in [3.8, 4) is 11.3 Å². The molecule has 0 radical (unpaired) electrons. The summed E-state index contributed by atoms with van der Waals surface area (Å²) in [4.78, 5) is 28.5. The van der Waals surface area contributed by atoms with E-state index in [4.69, 9.17) is 4.42 Å². The third kappa shape index (κ3) is 5.75. The highest BCUT2D eigenvalue weighted by Crippen LogP contribution is 2.24. The summed E-state index contributed by atoms with van der Waals surface area (Å²) in [5, 5.41) is 5.60. The number of aromatic nitrogens is 1. The lowest BCUT2D eigenvalue weighted by Gasteiger charge is -2.12. The maximum absolute atomic E-state index is 13.9. The summed E-state index contributed by atoms with van der Waals surface area (Å²) in [5.74, 6) is -1.42. The number of halogens is 2. The number of carbonyl (C=O) groups is 2. The van der Waals surface area contributed by atoms with Crippen LogP contribution in [-0.4, -0.2) is 22.8 Å². The molecule has 8 heteroatoms.